The van der Waals surface area contributed by atoms with Gasteiger partial charge in [-0.3, -0.25) is 0 Å². The maximum absolute atomic E-state index is 6.85. The molecule has 1 atom stereocenters. The third kappa shape index (κ3) is 2.33. The second-order valence-electron chi connectivity index (χ2n) is 6.22. The zero-order valence-electron chi connectivity index (χ0n) is 12.8. The first kappa shape index (κ1) is 15.6. The molecule has 0 radical (unpaired) electrons. The van der Waals surface area contributed by atoms with Gasteiger partial charge < -0.3 is 15.2 Å². The third-order valence-corrected chi connectivity index (χ3v) is 5.55. The first-order valence-electron chi connectivity index (χ1n) is 7.07. The van der Waals surface area contributed by atoms with Gasteiger partial charge in [0.05, 0.1) is 14.2 Å². The van der Waals surface area contributed by atoms with Crippen molar-refractivity contribution in [2.45, 2.75) is 45.1 Å². The Morgan fingerprint density at radius 1 is 1.10 bits per heavy atom. The highest BCUT2D eigenvalue weighted by Gasteiger charge is 2.46. The molecule has 2 N–H and O–H groups in total. The molecule has 1 aliphatic carbocycles. The normalized spacial score (nSPS) is 25.3. The highest BCUT2D eigenvalue weighted by molar-refractivity contribution is 9.10. The van der Waals surface area contributed by atoms with Crippen LogP contribution in [-0.2, 0) is 5.54 Å². The van der Waals surface area contributed by atoms with Gasteiger partial charge in [0.1, 0.15) is 16.0 Å². The fourth-order valence-corrected chi connectivity index (χ4v) is 3.95. The molecule has 112 valence electrons. The van der Waals surface area contributed by atoms with Gasteiger partial charge in [0.25, 0.3) is 0 Å². The molecule has 0 aromatic heterocycles. The minimum Gasteiger partial charge on any atom is -0.495 e. The Kier molecular flexibility index (Phi) is 4.35. The maximum Gasteiger partial charge on any atom is 0.141 e. The average molecular weight is 342 g/mol. The van der Waals surface area contributed by atoms with E-state index < -0.39 is 0 Å². The number of hydrogen-bond donors (Lipinski definition) is 1. The fourth-order valence-electron chi connectivity index (χ4n) is 3.28. The van der Waals surface area contributed by atoms with Gasteiger partial charge in [-0.05, 0) is 46.3 Å². The van der Waals surface area contributed by atoms with Crippen LogP contribution in [-0.4, -0.2) is 14.2 Å². The van der Waals surface area contributed by atoms with Crippen LogP contribution in [0.15, 0.2) is 16.6 Å². The molecule has 1 aromatic carbocycles. The average Bonchev–Trinajstić information content (AvgIpc) is 2.41. The lowest BCUT2D eigenvalue weighted by Gasteiger charge is -2.48. The molecule has 0 heterocycles. The number of ether oxygens (including phenoxy) is 2. The lowest BCUT2D eigenvalue weighted by Crippen LogP contribution is -2.52. The quantitative estimate of drug-likeness (QED) is 0.894. The molecule has 1 aromatic rings. The molecule has 0 bridgehead atoms. The third-order valence-electron chi connectivity index (χ3n) is 4.80. The number of halogens is 1. The number of hydrogen-bond acceptors (Lipinski definition) is 3. The van der Waals surface area contributed by atoms with E-state index in [1.165, 1.54) is 6.42 Å². The zero-order chi connectivity index (χ0) is 15.0. The Labute approximate surface area is 130 Å². The van der Waals surface area contributed by atoms with Crippen molar-refractivity contribution in [3.8, 4) is 11.5 Å². The summed E-state index contributed by atoms with van der Waals surface area (Å²) in [7, 11) is 3.34. The first-order chi connectivity index (χ1) is 9.37. The van der Waals surface area contributed by atoms with Crippen LogP contribution in [0.2, 0.25) is 0 Å². The van der Waals surface area contributed by atoms with Crippen LogP contribution >= 0.6 is 15.9 Å². The van der Waals surface area contributed by atoms with E-state index in [2.05, 4.69) is 35.8 Å². The van der Waals surface area contributed by atoms with Crippen molar-refractivity contribution in [3.63, 3.8) is 0 Å². The molecular weight excluding hydrogens is 318 g/mol. The van der Waals surface area contributed by atoms with Gasteiger partial charge in [0.15, 0.2) is 0 Å². The van der Waals surface area contributed by atoms with Crippen molar-refractivity contribution >= 4 is 15.9 Å². The predicted molar refractivity (Wildman–Crippen MR) is 85.4 cm³/mol. The molecule has 1 saturated carbocycles. The van der Waals surface area contributed by atoms with Crippen molar-refractivity contribution in [3.05, 3.63) is 22.2 Å². The van der Waals surface area contributed by atoms with E-state index >= 15 is 0 Å². The minimum absolute atomic E-state index is 0.0482. The molecule has 0 spiro atoms. The largest absolute Gasteiger partial charge is 0.495 e. The second kappa shape index (κ2) is 5.57. The molecule has 4 heteroatoms. The summed E-state index contributed by atoms with van der Waals surface area (Å²) in [6.45, 7) is 4.51. The summed E-state index contributed by atoms with van der Waals surface area (Å²) in [6, 6.07) is 4.01. The highest BCUT2D eigenvalue weighted by atomic mass is 79.9. The van der Waals surface area contributed by atoms with Gasteiger partial charge in [0.2, 0.25) is 0 Å². The summed E-state index contributed by atoms with van der Waals surface area (Å²) in [5, 5.41) is 0. The van der Waals surface area contributed by atoms with Crippen molar-refractivity contribution in [2.75, 3.05) is 14.2 Å². The van der Waals surface area contributed by atoms with Crippen molar-refractivity contribution in [1.29, 1.82) is 0 Å². The van der Waals surface area contributed by atoms with E-state index in [9.17, 15) is 0 Å². The van der Waals surface area contributed by atoms with Gasteiger partial charge in [0, 0.05) is 11.1 Å². The van der Waals surface area contributed by atoms with Crippen molar-refractivity contribution in [2.24, 2.45) is 11.1 Å². The van der Waals surface area contributed by atoms with Gasteiger partial charge in [-0.1, -0.05) is 26.7 Å². The molecular formula is C16H24BrNO2. The molecule has 1 fully saturated rings. The van der Waals surface area contributed by atoms with Crippen LogP contribution in [0.25, 0.3) is 0 Å². The number of methoxy groups -OCH3 is 2. The van der Waals surface area contributed by atoms with Crippen LogP contribution in [0.3, 0.4) is 0 Å². The standard InChI is InChI=1S/C16H24BrNO2/c1-15(2)9-5-6-10-16(15,18)11-7-8-12(19-3)13(17)14(11)20-4/h7-8H,5-6,9-10,18H2,1-4H3. The Bertz CT molecular complexity index is 501. The first-order valence-corrected chi connectivity index (χ1v) is 7.86. The fraction of sp³-hybridized carbons (Fsp3) is 0.625. The Balaban J connectivity index is 2.59. The van der Waals surface area contributed by atoms with Crippen molar-refractivity contribution in [1.82, 2.24) is 0 Å². The monoisotopic (exact) mass is 341 g/mol. The van der Waals surface area contributed by atoms with Crippen LogP contribution in [0, 0.1) is 5.41 Å². The van der Waals surface area contributed by atoms with E-state index in [0.29, 0.717) is 0 Å². The Morgan fingerprint density at radius 2 is 1.75 bits per heavy atom. The molecule has 3 nitrogen and oxygen atoms in total. The molecule has 0 saturated heterocycles. The minimum atomic E-state index is -0.370. The second-order valence-corrected chi connectivity index (χ2v) is 7.02. The highest BCUT2D eigenvalue weighted by Crippen LogP contribution is 2.52. The molecule has 2 rings (SSSR count). The Hall–Kier alpha value is -0.740. The summed E-state index contributed by atoms with van der Waals surface area (Å²) in [5.74, 6) is 1.56. The van der Waals surface area contributed by atoms with Gasteiger partial charge >= 0.3 is 0 Å². The summed E-state index contributed by atoms with van der Waals surface area (Å²) >= 11 is 3.58. The van der Waals surface area contributed by atoms with Gasteiger partial charge in [-0.25, -0.2) is 0 Å². The molecule has 0 amide bonds. The summed E-state index contributed by atoms with van der Waals surface area (Å²) in [6.07, 6.45) is 4.52. The van der Waals surface area contributed by atoms with E-state index in [1.807, 2.05) is 6.07 Å². The summed E-state index contributed by atoms with van der Waals surface area (Å²) in [5.41, 5.74) is 7.60. The smallest absolute Gasteiger partial charge is 0.141 e. The lowest BCUT2D eigenvalue weighted by atomic mass is 9.60. The van der Waals surface area contributed by atoms with E-state index in [-0.39, 0.29) is 11.0 Å². The van der Waals surface area contributed by atoms with Crippen LogP contribution < -0.4 is 15.2 Å². The zero-order valence-corrected chi connectivity index (χ0v) is 14.3. The topological polar surface area (TPSA) is 44.5 Å². The number of benzene rings is 1. The molecule has 20 heavy (non-hydrogen) atoms. The maximum atomic E-state index is 6.85. The molecule has 1 aliphatic rings. The van der Waals surface area contributed by atoms with Crippen molar-refractivity contribution < 1.29 is 9.47 Å². The van der Waals surface area contributed by atoms with Gasteiger partial charge in [-0.2, -0.15) is 0 Å². The summed E-state index contributed by atoms with van der Waals surface area (Å²) < 4.78 is 11.8. The van der Waals surface area contributed by atoms with E-state index in [0.717, 1.165) is 40.8 Å². The number of nitrogens with two attached hydrogens (primary N) is 1. The SMILES string of the molecule is COc1ccc(C2(N)CCCCC2(C)C)c(OC)c1Br. The van der Waals surface area contributed by atoms with Crippen LogP contribution in [0.5, 0.6) is 11.5 Å². The molecule has 1 unspecified atom stereocenters. The molecule has 0 aliphatic heterocycles. The van der Waals surface area contributed by atoms with Crippen LogP contribution in [0.1, 0.15) is 45.1 Å². The Morgan fingerprint density at radius 3 is 2.30 bits per heavy atom. The number of rotatable bonds is 3. The predicted octanol–water partition coefficient (Wildman–Crippen LogP) is 4.22. The van der Waals surface area contributed by atoms with E-state index in [1.54, 1.807) is 14.2 Å². The van der Waals surface area contributed by atoms with Gasteiger partial charge in [-0.15, -0.1) is 0 Å². The van der Waals surface area contributed by atoms with Crippen LogP contribution in [0.4, 0.5) is 0 Å². The van der Waals surface area contributed by atoms with E-state index in [4.69, 9.17) is 15.2 Å². The lowest BCUT2D eigenvalue weighted by molar-refractivity contribution is 0.0949. The summed E-state index contributed by atoms with van der Waals surface area (Å²) in [4.78, 5) is 0.